The summed E-state index contributed by atoms with van der Waals surface area (Å²) in [5.74, 6) is 1.87. The minimum Gasteiger partial charge on any atom is -0.508 e. The number of aliphatic imine (C=N–C) groups is 3. The van der Waals surface area contributed by atoms with Gasteiger partial charge in [-0.25, -0.2) is 15.0 Å². The molecule has 1 aliphatic rings. The number of benzene rings is 3. The van der Waals surface area contributed by atoms with Crippen molar-refractivity contribution in [2.24, 2.45) is 15.0 Å². The normalized spacial score (nSPS) is 14.7. The van der Waals surface area contributed by atoms with Gasteiger partial charge in [0.25, 0.3) is 0 Å². The zero-order valence-electron chi connectivity index (χ0n) is 15.7. The van der Waals surface area contributed by atoms with Crippen molar-refractivity contribution in [3.05, 3.63) is 89.5 Å². The van der Waals surface area contributed by atoms with Crippen molar-refractivity contribution in [3.63, 3.8) is 0 Å². The number of hydrogen-bond acceptors (Lipinski definition) is 4. The van der Waals surface area contributed by atoms with Gasteiger partial charge in [-0.05, 0) is 62.4 Å². The van der Waals surface area contributed by atoms with E-state index in [1.54, 1.807) is 24.3 Å². The average Bonchev–Trinajstić information content (AvgIpc) is 3.08. The number of anilines is 1. The molecule has 5 heteroatoms. The summed E-state index contributed by atoms with van der Waals surface area (Å²) < 4.78 is 0. The van der Waals surface area contributed by atoms with E-state index in [9.17, 15) is 5.11 Å². The van der Waals surface area contributed by atoms with E-state index in [-0.39, 0.29) is 5.75 Å². The predicted molar refractivity (Wildman–Crippen MR) is 115 cm³/mol. The SMILES string of the molecule is Cc1ccc(N=C2N=C(c3ccc(O)cc3)N=C2Nc2ccc(C)cc2)cc1. The second kappa shape index (κ2) is 7.48. The number of aryl methyl sites for hydroxylation is 2. The highest BCUT2D eigenvalue weighted by atomic mass is 16.3. The van der Waals surface area contributed by atoms with Crippen LogP contribution in [0.1, 0.15) is 16.7 Å². The molecule has 0 bridgehead atoms. The molecule has 0 radical (unpaired) electrons. The molecule has 0 fully saturated rings. The summed E-state index contributed by atoms with van der Waals surface area (Å²) in [6.45, 7) is 4.09. The van der Waals surface area contributed by atoms with Crippen molar-refractivity contribution in [3.8, 4) is 5.75 Å². The Balaban J connectivity index is 1.71. The lowest BCUT2D eigenvalue weighted by molar-refractivity contribution is 0.475. The molecule has 5 nitrogen and oxygen atoms in total. The Kier molecular flexibility index (Phi) is 4.72. The summed E-state index contributed by atoms with van der Waals surface area (Å²) in [6.07, 6.45) is 0. The third kappa shape index (κ3) is 3.99. The Morgan fingerprint density at radius 3 is 2.00 bits per heavy atom. The molecular weight excluding hydrogens is 348 g/mol. The Morgan fingerprint density at radius 2 is 1.36 bits per heavy atom. The lowest BCUT2D eigenvalue weighted by Gasteiger charge is -2.06. The molecule has 0 amide bonds. The van der Waals surface area contributed by atoms with E-state index < -0.39 is 0 Å². The van der Waals surface area contributed by atoms with Crippen LogP contribution < -0.4 is 5.32 Å². The number of nitrogens with zero attached hydrogens (tertiary/aromatic N) is 3. The van der Waals surface area contributed by atoms with Gasteiger partial charge in [-0.1, -0.05) is 35.4 Å². The lowest BCUT2D eigenvalue weighted by Crippen LogP contribution is -2.18. The first-order valence-corrected chi connectivity index (χ1v) is 9.03. The van der Waals surface area contributed by atoms with E-state index in [1.165, 1.54) is 11.1 Å². The molecule has 0 unspecified atom stereocenters. The van der Waals surface area contributed by atoms with Gasteiger partial charge in [0.05, 0.1) is 5.69 Å². The smallest absolute Gasteiger partial charge is 0.198 e. The van der Waals surface area contributed by atoms with Crippen LogP contribution in [0.5, 0.6) is 5.75 Å². The maximum atomic E-state index is 9.53. The van der Waals surface area contributed by atoms with Crippen molar-refractivity contribution in [1.29, 1.82) is 0 Å². The van der Waals surface area contributed by atoms with Crippen LogP contribution >= 0.6 is 0 Å². The minimum atomic E-state index is 0.206. The Morgan fingerprint density at radius 1 is 0.750 bits per heavy atom. The van der Waals surface area contributed by atoms with Crippen molar-refractivity contribution in [1.82, 2.24) is 0 Å². The van der Waals surface area contributed by atoms with Crippen LogP contribution in [0.2, 0.25) is 0 Å². The first kappa shape index (κ1) is 17.7. The third-order valence-electron chi connectivity index (χ3n) is 4.35. The fourth-order valence-corrected chi connectivity index (χ4v) is 2.75. The number of nitrogens with one attached hydrogen (secondary N) is 1. The Hall–Kier alpha value is -3.73. The molecule has 0 saturated carbocycles. The highest BCUT2D eigenvalue weighted by Gasteiger charge is 2.20. The predicted octanol–water partition coefficient (Wildman–Crippen LogP) is 5.01. The molecule has 0 atom stereocenters. The van der Waals surface area contributed by atoms with Gasteiger partial charge in [0.1, 0.15) is 5.75 Å². The minimum absolute atomic E-state index is 0.206. The molecule has 28 heavy (non-hydrogen) atoms. The molecule has 2 N–H and O–H groups in total. The summed E-state index contributed by atoms with van der Waals surface area (Å²) in [7, 11) is 0. The van der Waals surface area contributed by atoms with Crippen molar-refractivity contribution in [2.45, 2.75) is 13.8 Å². The number of phenols is 1. The zero-order valence-corrected chi connectivity index (χ0v) is 15.7. The number of rotatable bonds is 3. The molecule has 1 aliphatic heterocycles. The molecule has 1 heterocycles. The highest BCUT2D eigenvalue weighted by Crippen LogP contribution is 2.19. The molecule has 0 spiro atoms. The fraction of sp³-hybridized carbons (Fsp3) is 0.0870. The van der Waals surface area contributed by atoms with Crippen LogP contribution in [0.25, 0.3) is 0 Å². The first-order chi connectivity index (χ1) is 13.6. The molecule has 4 rings (SSSR count). The summed E-state index contributed by atoms with van der Waals surface area (Å²) in [4.78, 5) is 13.9. The van der Waals surface area contributed by atoms with Gasteiger partial charge in [0.2, 0.25) is 0 Å². The Labute approximate surface area is 163 Å². The Bertz CT molecular complexity index is 1080. The van der Waals surface area contributed by atoms with Crippen LogP contribution in [0.3, 0.4) is 0 Å². The maximum absolute atomic E-state index is 9.53. The van der Waals surface area contributed by atoms with Crippen LogP contribution in [0, 0.1) is 13.8 Å². The number of hydrogen-bond donors (Lipinski definition) is 2. The standard InChI is InChI=1S/C23H20N4O/c1-15-3-9-18(10-4-15)24-22-23(25-19-11-5-16(2)6-12-19)27-21(26-22)17-7-13-20(28)14-8-17/h3-14,28H,1-2H3,(H,24,25,26,27). The molecule has 0 aliphatic carbocycles. The van der Waals surface area contributed by atoms with Gasteiger partial charge in [0, 0.05) is 11.3 Å². The maximum Gasteiger partial charge on any atom is 0.198 e. The monoisotopic (exact) mass is 368 g/mol. The summed E-state index contributed by atoms with van der Waals surface area (Å²) >= 11 is 0. The van der Waals surface area contributed by atoms with Crippen LogP contribution in [-0.2, 0) is 0 Å². The quantitative estimate of drug-likeness (QED) is 0.682. The largest absolute Gasteiger partial charge is 0.508 e. The summed E-state index contributed by atoms with van der Waals surface area (Å²) in [5, 5.41) is 12.8. The van der Waals surface area contributed by atoms with E-state index in [2.05, 4.69) is 20.3 Å². The van der Waals surface area contributed by atoms with Crippen molar-refractivity contribution in [2.75, 3.05) is 5.32 Å². The van der Waals surface area contributed by atoms with Crippen molar-refractivity contribution >= 4 is 28.9 Å². The fourth-order valence-electron chi connectivity index (χ4n) is 2.75. The zero-order chi connectivity index (χ0) is 19.5. The van der Waals surface area contributed by atoms with Gasteiger partial charge in [-0.15, -0.1) is 0 Å². The van der Waals surface area contributed by atoms with Crippen LogP contribution in [0.15, 0.2) is 87.8 Å². The lowest BCUT2D eigenvalue weighted by atomic mass is 10.2. The van der Waals surface area contributed by atoms with Gasteiger partial charge in [-0.2, -0.15) is 0 Å². The third-order valence-corrected chi connectivity index (χ3v) is 4.35. The van der Waals surface area contributed by atoms with Gasteiger partial charge >= 0.3 is 0 Å². The second-order valence-corrected chi connectivity index (χ2v) is 6.70. The van der Waals surface area contributed by atoms with Gasteiger partial charge in [0.15, 0.2) is 17.5 Å². The average molecular weight is 368 g/mol. The summed E-state index contributed by atoms with van der Waals surface area (Å²) in [5.41, 5.74) is 4.91. The molecule has 3 aromatic rings. The molecular formula is C23H20N4O. The van der Waals surface area contributed by atoms with E-state index in [0.29, 0.717) is 17.5 Å². The summed E-state index contributed by atoms with van der Waals surface area (Å²) in [6, 6.07) is 22.8. The molecule has 138 valence electrons. The van der Waals surface area contributed by atoms with Gasteiger partial charge < -0.3 is 10.4 Å². The van der Waals surface area contributed by atoms with Gasteiger partial charge in [-0.3, -0.25) is 0 Å². The van der Waals surface area contributed by atoms with E-state index in [1.807, 2.05) is 62.4 Å². The number of amidine groups is 3. The number of aromatic hydroxyl groups is 1. The second-order valence-electron chi connectivity index (χ2n) is 6.70. The van der Waals surface area contributed by atoms with E-state index in [0.717, 1.165) is 16.9 Å². The highest BCUT2D eigenvalue weighted by molar-refractivity contribution is 6.51. The van der Waals surface area contributed by atoms with Crippen LogP contribution in [0.4, 0.5) is 11.4 Å². The van der Waals surface area contributed by atoms with E-state index in [4.69, 9.17) is 0 Å². The molecule has 0 aromatic heterocycles. The first-order valence-electron chi connectivity index (χ1n) is 9.03. The van der Waals surface area contributed by atoms with E-state index >= 15 is 0 Å². The number of phenolic OH excluding ortho intramolecular Hbond substituents is 1. The van der Waals surface area contributed by atoms with Crippen LogP contribution in [-0.4, -0.2) is 22.6 Å². The molecule has 3 aromatic carbocycles. The van der Waals surface area contributed by atoms with Crippen molar-refractivity contribution < 1.29 is 5.11 Å². The topological polar surface area (TPSA) is 69.3 Å². The molecule has 0 saturated heterocycles.